The molecule has 0 N–H and O–H groups in total. The van der Waals surface area contributed by atoms with Crippen LogP contribution in [0.5, 0.6) is 0 Å². The molecule has 0 radical (unpaired) electrons. The first-order chi connectivity index (χ1) is 28.8. The molecule has 0 atom stereocenters. The van der Waals surface area contributed by atoms with Crippen molar-refractivity contribution >= 4 is 87.5 Å². The van der Waals surface area contributed by atoms with Gasteiger partial charge in [0.25, 0.3) is 0 Å². The van der Waals surface area contributed by atoms with E-state index in [0.717, 1.165) is 88.9 Å². The van der Waals surface area contributed by atoms with Gasteiger partial charge >= 0.3 is 0 Å². The van der Waals surface area contributed by atoms with Crippen LogP contribution in [0.25, 0.3) is 110 Å². The largest absolute Gasteiger partial charge is 0.294 e. The first-order valence-corrected chi connectivity index (χ1v) is 19.7. The molecular weight excluding hydrogens is 709 g/mol. The highest BCUT2D eigenvalue weighted by Gasteiger charge is 2.24. The molecule has 0 spiro atoms. The smallest absolute Gasteiger partial charge is 0.148 e. The summed E-state index contributed by atoms with van der Waals surface area (Å²) in [6, 6.07) is 69.2. The Kier molecular flexibility index (Phi) is 6.35. The van der Waals surface area contributed by atoms with Crippen molar-refractivity contribution in [3.8, 4) is 23.0 Å². The van der Waals surface area contributed by atoms with Gasteiger partial charge < -0.3 is 0 Å². The fourth-order valence-electron chi connectivity index (χ4n) is 9.56. The Morgan fingerprint density at radius 3 is 0.948 bits per heavy atom. The van der Waals surface area contributed by atoms with Crippen LogP contribution in [0.2, 0.25) is 0 Å². The van der Waals surface area contributed by atoms with Crippen LogP contribution in [0.1, 0.15) is 0 Å². The Labute approximate surface area is 331 Å². The standard InChI is InChI=1S/C52H32N6/c1-3-15-33(16-4-1)55-43-23-11-9-21-37(43)41-29-31-47(53-51(41)55)57-45-25-13-7-19-35(45)39-27-28-40-36-20-8-14-26-46(36)58(50(40)49(39)57)48-32-30-42-38-22-10-12-24-44(38)56(52(42)54-48)34-17-5-2-6-18-34/h1-32H. The van der Waals surface area contributed by atoms with Gasteiger partial charge in [0.2, 0.25) is 0 Å². The molecule has 0 saturated heterocycles. The molecule has 6 aromatic heterocycles. The number of hydrogen-bond acceptors (Lipinski definition) is 2. The molecule has 0 aliphatic carbocycles. The number of aromatic nitrogens is 6. The molecule has 6 nitrogen and oxygen atoms in total. The molecule has 13 aromatic rings. The third-order valence-electron chi connectivity index (χ3n) is 12.0. The van der Waals surface area contributed by atoms with Gasteiger partial charge in [0.05, 0.1) is 33.1 Å². The second kappa shape index (κ2) is 11.8. The van der Waals surface area contributed by atoms with E-state index < -0.39 is 0 Å². The Hall–Kier alpha value is -7.96. The van der Waals surface area contributed by atoms with Crippen molar-refractivity contribution in [3.05, 3.63) is 194 Å². The summed E-state index contributed by atoms with van der Waals surface area (Å²) in [6.07, 6.45) is 0. The maximum atomic E-state index is 5.60. The molecule has 0 unspecified atom stereocenters. The van der Waals surface area contributed by atoms with Crippen molar-refractivity contribution < 1.29 is 0 Å². The van der Waals surface area contributed by atoms with Gasteiger partial charge in [-0.05, 0) is 72.8 Å². The zero-order valence-electron chi connectivity index (χ0n) is 31.2. The van der Waals surface area contributed by atoms with Crippen molar-refractivity contribution in [1.29, 1.82) is 0 Å². The van der Waals surface area contributed by atoms with Crippen LogP contribution in [0, 0.1) is 0 Å². The van der Waals surface area contributed by atoms with Gasteiger partial charge in [-0.15, -0.1) is 0 Å². The minimum Gasteiger partial charge on any atom is -0.294 e. The summed E-state index contributed by atoms with van der Waals surface area (Å²) in [7, 11) is 0. The monoisotopic (exact) mass is 740 g/mol. The minimum absolute atomic E-state index is 0.857. The van der Waals surface area contributed by atoms with Crippen LogP contribution in [-0.4, -0.2) is 28.2 Å². The molecule has 6 heteroatoms. The second-order valence-corrected chi connectivity index (χ2v) is 15.0. The SMILES string of the molecule is c1ccc(-n2c3ccccc3c3ccc(-n4c5ccccc5c5ccc6c7ccccc7n(-c7ccc8c9ccccc9n(-c9ccccc9)c8n7)c6c54)nc32)cc1. The van der Waals surface area contributed by atoms with Crippen LogP contribution in [0.3, 0.4) is 0 Å². The van der Waals surface area contributed by atoms with Gasteiger partial charge in [0.1, 0.15) is 22.9 Å². The van der Waals surface area contributed by atoms with Crippen LogP contribution in [-0.2, 0) is 0 Å². The first kappa shape index (κ1) is 31.3. The number of nitrogens with zero attached hydrogens (tertiary/aromatic N) is 6. The Bertz CT molecular complexity index is 3540. The molecule has 6 heterocycles. The van der Waals surface area contributed by atoms with E-state index in [0.29, 0.717) is 0 Å². The fourth-order valence-corrected chi connectivity index (χ4v) is 9.56. The molecule has 0 aliphatic heterocycles. The number of rotatable bonds is 4. The number of fused-ring (bicyclic) bond motifs is 13. The van der Waals surface area contributed by atoms with Crippen molar-refractivity contribution in [1.82, 2.24) is 28.2 Å². The summed E-state index contributed by atoms with van der Waals surface area (Å²) >= 11 is 0. The Morgan fingerprint density at radius 1 is 0.241 bits per heavy atom. The van der Waals surface area contributed by atoms with Crippen LogP contribution >= 0.6 is 0 Å². The van der Waals surface area contributed by atoms with Gasteiger partial charge in [-0.25, -0.2) is 9.97 Å². The van der Waals surface area contributed by atoms with Gasteiger partial charge in [-0.2, -0.15) is 0 Å². The van der Waals surface area contributed by atoms with Gasteiger partial charge in [-0.3, -0.25) is 18.3 Å². The van der Waals surface area contributed by atoms with Crippen LogP contribution in [0.15, 0.2) is 194 Å². The van der Waals surface area contributed by atoms with Crippen molar-refractivity contribution in [3.63, 3.8) is 0 Å². The van der Waals surface area contributed by atoms with E-state index in [1.165, 1.54) is 21.5 Å². The van der Waals surface area contributed by atoms with E-state index in [-0.39, 0.29) is 0 Å². The topological polar surface area (TPSA) is 45.5 Å². The third kappa shape index (κ3) is 4.20. The fraction of sp³-hybridized carbons (Fsp3) is 0. The molecule has 270 valence electrons. The third-order valence-corrected chi connectivity index (χ3v) is 12.0. The van der Waals surface area contributed by atoms with E-state index in [1.807, 2.05) is 0 Å². The molecule has 0 amide bonds. The average Bonchev–Trinajstić information content (AvgIpc) is 4.01. The maximum absolute atomic E-state index is 5.60. The molecular formula is C52H32N6. The van der Waals surface area contributed by atoms with E-state index in [4.69, 9.17) is 9.97 Å². The lowest BCUT2D eigenvalue weighted by Gasteiger charge is -2.13. The summed E-state index contributed by atoms with van der Waals surface area (Å²) in [5.41, 5.74) is 10.7. The highest BCUT2D eigenvalue weighted by Crippen LogP contribution is 2.42. The molecule has 58 heavy (non-hydrogen) atoms. The minimum atomic E-state index is 0.857. The van der Waals surface area contributed by atoms with Crippen LogP contribution < -0.4 is 0 Å². The van der Waals surface area contributed by atoms with E-state index in [9.17, 15) is 0 Å². The average molecular weight is 741 g/mol. The highest BCUT2D eigenvalue weighted by atomic mass is 15.2. The lowest BCUT2D eigenvalue weighted by molar-refractivity contribution is 1.05. The molecule has 0 saturated carbocycles. The van der Waals surface area contributed by atoms with Crippen LogP contribution in [0.4, 0.5) is 0 Å². The predicted molar refractivity (Wildman–Crippen MR) is 239 cm³/mol. The van der Waals surface area contributed by atoms with Gasteiger partial charge in [-0.1, -0.05) is 121 Å². The summed E-state index contributed by atoms with van der Waals surface area (Å²) in [5, 5.41) is 9.28. The quantitative estimate of drug-likeness (QED) is 0.180. The lowest BCUT2D eigenvalue weighted by atomic mass is 10.1. The van der Waals surface area contributed by atoms with E-state index in [1.54, 1.807) is 0 Å². The summed E-state index contributed by atoms with van der Waals surface area (Å²) in [6.45, 7) is 0. The molecule has 7 aromatic carbocycles. The van der Waals surface area contributed by atoms with Gasteiger partial charge in [0, 0.05) is 54.5 Å². The zero-order valence-corrected chi connectivity index (χ0v) is 31.2. The maximum Gasteiger partial charge on any atom is 0.148 e. The zero-order chi connectivity index (χ0) is 37.9. The normalized spacial score (nSPS) is 12.1. The highest BCUT2D eigenvalue weighted by molar-refractivity contribution is 6.24. The second-order valence-electron chi connectivity index (χ2n) is 15.0. The first-order valence-electron chi connectivity index (χ1n) is 19.7. The number of hydrogen-bond donors (Lipinski definition) is 0. The van der Waals surface area contributed by atoms with Gasteiger partial charge in [0.15, 0.2) is 0 Å². The molecule has 0 bridgehead atoms. The summed E-state index contributed by atoms with van der Waals surface area (Å²) in [5.74, 6) is 1.71. The summed E-state index contributed by atoms with van der Waals surface area (Å²) < 4.78 is 9.32. The summed E-state index contributed by atoms with van der Waals surface area (Å²) in [4.78, 5) is 11.2. The molecule has 0 aliphatic rings. The predicted octanol–water partition coefficient (Wildman–Crippen LogP) is 12.9. The number of benzene rings is 7. The van der Waals surface area contributed by atoms with Crippen molar-refractivity contribution in [2.24, 2.45) is 0 Å². The van der Waals surface area contributed by atoms with Crippen molar-refractivity contribution in [2.75, 3.05) is 0 Å². The molecule has 13 rings (SSSR count). The Morgan fingerprint density at radius 2 is 0.552 bits per heavy atom. The van der Waals surface area contributed by atoms with E-state index in [2.05, 4.69) is 212 Å². The van der Waals surface area contributed by atoms with E-state index >= 15 is 0 Å². The lowest BCUT2D eigenvalue weighted by Crippen LogP contribution is -2.03. The number of para-hydroxylation sites is 6. The number of pyridine rings is 2. The molecule has 0 fully saturated rings. The van der Waals surface area contributed by atoms with Crippen molar-refractivity contribution in [2.45, 2.75) is 0 Å². The Balaban J connectivity index is 1.17.